The average Bonchev–Trinajstić information content (AvgIpc) is 3.16. The number of piperidine rings is 1. The van der Waals surface area contributed by atoms with Crippen molar-refractivity contribution in [2.75, 3.05) is 26.2 Å². The molecule has 1 aromatic rings. The molecule has 2 atom stereocenters. The minimum Gasteiger partial charge on any atom is -0.354 e. The third-order valence-corrected chi connectivity index (χ3v) is 5.29. The van der Waals surface area contributed by atoms with E-state index in [0.717, 1.165) is 50.9 Å². The van der Waals surface area contributed by atoms with Gasteiger partial charge in [0.05, 0.1) is 12.5 Å². The van der Waals surface area contributed by atoms with Crippen LogP contribution in [0.3, 0.4) is 0 Å². The zero-order valence-corrected chi connectivity index (χ0v) is 15.1. The first-order chi connectivity index (χ1) is 12.1. The fraction of sp³-hybridized carbons (Fsp3) is 0.600. The summed E-state index contributed by atoms with van der Waals surface area (Å²) in [6.45, 7) is 5.24. The predicted octanol–water partition coefficient (Wildman–Crippen LogP) is 1.64. The highest BCUT2D eigenvalue weighted by Gasteiger charge is 2.26. The summed E-state index contributed by atoms with van der Waals surface area (Å²) in [5.74, 6) is 0.666. The molecule has 2 aliphatic rings. The Bertz CT molecular complexity index is 593. The van der Waals surface area contributed by atoms with Gasteiger partial charge in [0.1, 0.15) is 0 Å². The Balaban J connectivity index is 1.46. The van der Waals surface area contributed by atoms with Gasteiger partial charge in [0.25, 0.3) is 0 Å². The lowest BCUT2D eigenvalue weighted by Gasteiger charge is -2.33. The molecular weight excluding hydrogens is 314 g/mol. The summed E-state index contributed by atoms with van der Waals surface area (Å²) < 4.78 is 0. The maximum Gasteiger partial charge on any atom is 0.237 e. The van der Waals surface area contributed by atoms with E-state index in [1.807, 2.05) is 29.2 Å². The molecular formula is C20H29N3O2. The van der Waals surface area contributed by atoms with Gasteiger partial charge in [-0.1, -0.05) is 29.8 Å². The van der Waals surface area contributed by atoms with Gasteiger partial charge < -0.3 is 15.5 Å². The van der Waals surface area contributed by atoms with Crippen LogP contribution in [-0.4, -0.2) is 48.9 Å². The van der Waals surface area contributed by atoms with Crippen molar-refractivity contribution in [3.63, 3.8) is 0 Å². The molecule has 2 saturated heterocycles. The average molecular weight is 343 g/mol. The van der Waals surface area contributed by atoms with Gasteiger partial charge in [0.15, 0.2) is 0 Å². The van der Waals surface area contributed by atoms with E-state index in [0.29, 0.717) is 18.9 Å². The Morgan fingerprint density at radius 2 is 2.00 bits per heavy atom. The van der Waals surface area contributed by atoms with Crippen molar-refractivity contribution in [1.82, 2.24) is 15.5 Å². The lowest BCUT2D eigenvalue weighted by Crippen LogP contribution is -2.47. The number of carbonyl (C=O) groups is 2. The Hall–Kier alpha value is -1.88. The van der Waals surface area contributed by atoms with Crippen molar-refractivity contribution in [2.45, 2.75) is 45.1 Å². The van der Waals surface area contributed by atoms with E-state index in [-0.39, 0.29) is 17.9 Å². The minimum atomic E-state index is -0.0251. The molecule has 2 fully saturated rings. The molecule has 1 aromatic carbocycles. The first-order valence-corrected chi connectivity index (χ1v) is 9.46. The van der Waals surface area contributed by atoms with Crippen LogP contribution in [0.1, 0.15) is 36.8 Å². The summed E-state index contributed by atoms with van der Waals surface area (Å²) in [5.41, 5.74) is 2.28. The van der Waals surface area contributed by atoms with Crippen molar-refractivity contribution >= 4 is 11.8 Å². The zero-order chi connectivity index (χ0) is 17.6. The summed E-state index contributed by atoms with van der Waals surface area (Å²) >= 11 is 0. The molecule has 0 aromatic heterocycles. The molecule has 0 bridgehead atoms. The molecule has 0 unspecified atom stereocenters. The van der Waals surface area contributed by atoms with Crippen LogP contribution in [0.2, 0.25) is 0 Å². The standard InChI is InChI=1S/C20H29N3O2/c1-15-6-8-16(9-7-15)12-19(24)23-11-3-4-17(14-23)13-22-20(25)18-5-2-10-21-18/h6-9,17-18,21H,2-5,10-14H2,1H3,(H,22,25)/t17-,18+/m0/s1. The van der Waals surface area contributed by atoms with E-state index in [9.17, 15) is 9.59 Å². The molecule has 2 N–H and O–H groups in total. The Labute approximate surface area is 150 Å². The van der Waals surface area contributed by atoms with E-state index >= 15 is 0 Å². The highest BCUT2D eigenvalue weighted by molar-refractivity contribution is 5.82. The topological polar surface area (TPSA) is 61.4 Å². The van der Waals surface area contributed by atoms with Crippen LogP contribution in [0.4, 0.5) is 0 Å². The van der Waals surface area contributed by atoms with Crippen LogP contribution in [0.5, 0.6) is 0 Å². The number of amides is 2. The Morgan fingerprint density at radius 1 is 1.20 bits per heavy atom. The largest absolute Gasteiger partial charge is 0.354 e. The van der Waals surface area contributed by atoms with Crippen molar-refractivity contribution < 1.29 is 9.59 Å². The van der Waals surface area contributed by atoms with Crippen molar-refractivity contribution in [2.24, 2.45) is 5.92 Å². The lowest BCUT2D eigenvalue weighted by atomic mass is 9.97. The van der Waals surface area contributed by atoms with E-state index in [1.165, 1.54) is 5.56 Å². The zero-order valence-electron chi connectivity index (χ0n) is 15.1. The van der Waals surface area contributed by atoms with Crippen LogP contribution in [0.25, 0.3) is 0 Å². The number of rotatable bonds is 5. The van der Waals surface area contributed by atoms with Gasteiger partial charge in [-0.05, 0) is 50.6 Å². The molecule has 5 heteroatoms. The van der Waals surface area contributed by atoms with Gasteiger partial charge in [0, 0.05) is 19.6 Å². The second-order valence-electron chi connectivity index (χ2n) is 7.40. The predicted molar refractivity (Wildman–Crippen MR) is 98.2 cm³/mol. The van der Waals surface area contributed by atoms with Gasteiger partial charge in [-0.3, -0.25) is 9.59 Å². The van der Waals surface area contributed by atoms with E-state index in [4.69, 9.17) is 0 Å². The van der Waals surface area contributed by atoms with E-state index in [1.54, 1.807) is 0 Å². The van der Waals surface area contributed by atoms with Crippen molar-refractivity contribution in [1.29, 1.82) is 0 Å². The van der Waals surface area contributed by atoms with Gasteiger partial charge in [-0.2, -0.15) is 0 Å². The maximum atomic E-state index is 12.6. The van der Waals surface area contributed by atoms with Crippen LogP contribution in [-0.2, 0) is 16.0 Å². The molecule has 3 rings (SSSR count). The number of benzene rings is 1. The minimum absolute atomic E-state index is 0.0251. The summed E-state index contributed by atoms with van der Waals surface area (Å²) in [6.07, 6.45) is 4.56. The van der Waals surface area contributed by atoms with Gasteiger partial charge >= 0.3 is 0 Å². The van der Waals surface area contributed by atoms with Crippen LogP contribution >= 0.6 is 0 Å². The number of aryl methyl sites for hydroxylation is 1. The summed E-state index contributed by atoms with van der Waals surface area (Å²) in [7, 11) is 0. The van der Waals surface area contributed by atoms with Gasteiger partial charge in [-0.15, -0.1) is 0 Å². The number of hydrogen-bond donors (Lipinski definition) is 2. The maximum absolute atomic E-state index is 12.6. The molecule has 0 spiro atoms. The summed E-state index contributed by atoms with van der Waals surface area (Å²) in [6, 6.07) is 8.14. The Morgan fingerprint density at radius 3 is 2.72 bits per heavy atom. The molecule has 2 heterocycles. The molecule has 25 heavy (non-hydrogen) atoms. The molecule has 2 aliphatic heterocycles. The lowest BCUT2D eigenvalue weighted by molar-refractivity contribution is -0.132. The highest BCUT2D eigenvalue weighted by atomic mass is 16.2. The molecule has 0 radical (unpaired) electrons. The number of nitrogens with zero attached hydrogens (tertiary/aromatic N) is 1. The SMILES string of the molecule is Cc1ccc(CC(=O)N2CCC[C@@H](CNC(=O)[C@H]3CCCN3)C2)cc1. The van der Waals surface area contributed by atoms with Gasteiger partial charge in [0.2, 0.25) is 11.8 Å². The van der Waals surface area contributed by atoms with Crippen LogP contribution < -0.4 is 10.6 Å². The number of hydrogen-bond acceptors (Lipinski definition) is 3. The highest BCUT2D eigenvalue weighted by Crippen LogP contribution is 2.17. The van der Waals surface area contributed by atoms with E-state index in [2.05, 4.69) is 17.6 Å². The second kappa shape index (κ2) is 8.48. The first kappa shape index (κ1) is 17.9. The molecule has 0 aliphatic carbocycles. The molecule has 2 amide bonds. The second-order valence-corrected chi connectivity index (χ2v) is 7.40. The Kier molecular flexibility index (Phi) is 6.08. The third-order valence-electron chi connectivity index (χ3n) is 5.29. The fourth-order valence-electron chi connectivity index (χ4n) is 3.73. The smallest absolute Gasteiger partial charge is 0.237 e. The number of nitrogens with one attached hydrogen (secondary N) is 2. The fourth-order valence-corrected chi connectivity index (χ4v) is 3.73. The summed E-state index contributed by atoms with van der Waals surface area (Å²) in [5, 5.41) is 6.30. The normalized spacial score (nSPS) is 23.5. The first-order valence-electron chi connectivity index (χ1n) is 9.46. The van der Waals surface area contributed by atoms with Crippen molar-refractivity contribution in [3.8, 4) is 0 Å². The molecule has 0 saturated carbocycles. The number of carbonyl (C=O) groups excluding carboxylic acids is 2. The van der Waals surface area contributed by atoms with Crippen LogP contribution in [0, 0.1) is 12.8 Å². The molecule has 5 nitrogen and oxygen atoms in total. The monoisotopic (exact) mass is 343 g/mol. The van der Waals surface area contributed by atoms with Gasteiger partial charge in [-0.25, -0.2) is 0 Å². The van der Waals surface area contributed by atoms with Crippen LogP contribution in [0.15, 0.2) is 24.3 Å². The van der Waals surface area contributed by atoms with E-state index < -0.39 is 0 Å². The summed E-state index contributed by atoms with van der Waals surface area (Å²) in [4.78, 5) is 26.7. The quantitative estimate of drug-likeness (QED) is 0.854. The molecule has 136 valence electrons. The van der Waals surface area contributed by atoms with Crippen molar-refractivity contribution in [3.05, 3.63) is 35.4 Å². The third kappa shape index (κ3) is 5.05. The number of likely N-dealkylation sites (tertiary alicyclic amines) is 1.